The van der Waals surface area contributed by atoms with Crippen molar-refractivity contribution in [2.45, 2.75) is 18.2 Å². The maximum absolute atomic E-state index is 12.6. The first-order valence-electron chi connectivity index (χ1n) is 10.4. The molecule has 2 heterocycles. The van der Waals surface area contributed by atoms with Crippen LogP contribution in [0.4, 0.5) is 15.6 Å². The summed E-state index contributed by atoms with van der Waals surface area (Å²) in [6.45, 7) is 1.90. The third-order valence-electron chi connectivity index (χ3n) is 4.91. The summed E-state index contributed by atoms with van der Waals surface area (Å²) in [7, 11) is -3.80. The van der Waals surface area contributed by atoms with Crippen molar-refractivity contribution < 1.29 is 22.8 Å². The molecule has 0 saturated carbocycles. The molecular weight excluding hydrogens is 508 g/mol. The van der Waals surface area contributed by atoms with Gasteiger partial charge in [0.1, 0.15) is 0 Å². The van der Waals surface area contributed by atoms with Crippen LogP contribution in [0.5, 0.6) is 0 Å². The Hall–Kier alpha value is -3.48. The molecule has 1 aromatic heterocycles. The molecule has 1 aliphatic rings. The van der Waals surface area contributed by atoms with Crippen LogP contribution in [-0.4, -0.2) is 41.9 Å². The lowest BCUT2D eigenvalue weighted by Gasteiger charge is -2.12. The minimum Gasteiger partial charge on any atom is -0.326 e. The summed E-state index contributed by atoms with van der Waals surface area (Å²) in [6.07, 6.45) is 3.05. The number of sulfonamides is 1. The number of aromatic nitrogens is 1. The number of amides is 3. The average molecular weight is 529 g/mol. The van der Waals surface area contributed by atoms with E-state index in [-0.39, 0.29) is 23.0 Å². The molecule has 3 aromatic rings. The number of hydrogen-bond acceptors (Lipinski definition) is 8. The van der Waals surface area contributed by atoms with Crippen molar-refractivity contribution in [3.63, 3.8) is 0 Å². The number of rotatable bonds is 8. The number of aryl methyl sites for hydroxylation is 1. The minimum absolute atomic E-state index is 0.0175. The van der Waals surface area contributed by atoms with Crippen LogP contribution in [0.2, 0.25) is 0 Å². The Balaban J connectivity index is 1.32. The second-order valence-corrected chi connectivity index (χ2v) is 11.1. The van der Waals surface area contributed by atoms with Crippen molar-refractivity contribution in [2.75, 3.05) is 16.6 Å². The molecule has 9 nitrogen and oxygen atoms in total. The smallest absolute Gasteiger partial charge is 0.293 e. The van der Waals surface area contributed by atoms with E-state index in [4.69, 9.17) is 0 Å². The van der Waals surface area contributed by atoms with E-state index in [9.17, 15) is 22.8 Å². The maximum atomic E-state index is 12.6. The third kappa shape index (κ3) is 6.15. The van der Waals surface area contributed by atoms with Crippen LogP contribution in [0, 0.1) is 6.92 Å². The fraction of sp³-hybridized carbons (Fsp3) is 0.130. The first kappa shape index (κ1) is 24.6. The van der Waals surface area contributed by atoms with E-state index in [1.807, 2.05) is 31.2 Å². The zero-order valence-corrected chi connectivity index (χ0v) is 20.9. The summed E-state index contributed by atoms with van der Waals surface area (Å²) >= 11 is 2.00. The minimum atomic E-state index is -3.80. The third-order valence-corrected chi connectivity index (χ3v) is 7.99. The van der Waals surface area contributed by atoms with Gasteiger partial charge in [0, 0.05) is 30.2 Å². The Morgan fingerprint density at radius 3 is 2.46 bits per heavy atom. The predicted molar refractivity (Wildman–Crippen MR) is 136 cm³/mol. The zero-order valence-electron chi connectivity index (χ0n) is 18.4. The zero-order chi connectivity index (χ0) is 25.0. The van der Waals surface area contributed by atoms with Gasteiger partial charge in [0.2, 0.25) is 5.91 Å². The van der Waals surface area contributed by atoms with Crippen molar-refractivity contribution in [2.24, 2.45) is 0 Å². The van der Waals surface area contributed by atoms with Crippen molar-refractivity contribution in [3.8, 4) is 0 Å². The number of nitrogens with one attached hydrogen (secondary N) is 2. The van der Waals surface area contributed by atoms with Crippen LogP contribution in [-0.2, 0) is 19.6 Å². The molecule has 0 radical (unpaired) electrons. The van der Waals surface area contributed by atoms with E-state index < -0.39 is 27.1 Å². The van der Waals surface area contributed by atoms with Gasteiger partial charge in [-0.05, 0) is 54.6 Å². The predicted octanol–water partition coefficient (Wildman–Crippen LogP) is 4.32. The molecule has 180 valence electrons. The van der Waals surface area contributed by atoms with E-state index in [2.05, 4.69) is 15.0 Å². The van der Waals surface area contributed by atoms with Crippen LogP contribution in [0.25, 0.3) is 6.08 Å². The molecule has 4 rings (SSSR count). The van der Waals surface area contributed by atoms with Crippen LogP contribution in [0.15, 0.2) is 69.9 Å². The highest BCUT2D eigenvalue weighted by molar-refractivity contribution is 8.18. The molecule has 35 heavy (non-hydrogen) atoms. The molecule has 0 unspecified atom stereocenters. The van der Waals surface area contributed by atoms with Gasteiger partial charge in [-0.15, -0.1) is 11.3 Å². The summed E-state index contributed by atoms with van der Waals surface area (Å²) in [6, 6.07) is 13.2. The molecule has 2 aromatic carbocycles. The lowest BCUT2D eigenvalue weighted by Crippen LogP contribution is -2.31. The highest BCUT2D eigenvalue weighted by atomic mass is 32.2. The maximum Gasteiger partial charge on any atom is 0.293 e. The Labute approximate surface area is 210 Å². The number of carbonyl (C=O) groups excluding carboxylic acids is 3. The Kier molecular flexibility index (Phi) is 7.34. The van der Waals surface area contributed by atoms with Crippen LogP contribution < -0.4 is 10.0 Å². The van der Waals surface area contributed by atoms with Gasteiger partial charge in [-0.2, -0.15) is 0 Å². The number of benzene rings is 2. The fourth-order valence-corrected chi connectivity index (χ4v) is 5.76. The van der Waals surface area contributed by atoms with Gasteiger partial charge in [0.25, 0.3) is 21.2 Å². The monoisotopic (exact) mass is 528 g/mol. The molecule has 1 aliphatic heterocycles. The summed E-state index contributed by atoms with van der Waals surface area (Å²) < 4.78 is 27.2. The Bertz CT molecular complexity index is 1380. The van der Waals surface area contributed by atoms with Gasteiger partial charge in [-0.25, -0.2) is 13.4 Å². The van der Waals surface area contributed by atoms with Crippen LogP contribution in [0.1, 0.15) is 17.5 Å². The number of hydrogen-bond donors (Lipinski definition) is 2. The molecule has 0 spiro atoms. The lowest BCUT2D eigenvalue weighted by atomic mass is 10.1. The van der Waals surface area contributed by atoms with Gasteiger partial charge in [-0.1, -0.05) is 29.8 Å². The highest BCUT2D eigenvalue weighted by Gasteiger charge is 2.35. The Morgan fingerprint density at radius 2 is 1.80 bits per heavy atom. The number of nitrogens with zero attached hydrogens (tertiary/aromatic N) is 2. The number of anilines is 2. The summed E-state index contributed by atoms with van der Waals surface area (Å²) in [4.78, 5) is 42.5. The standard InChI is InChI=1S/C23H20N4O5S3/c1-15-2-4-16(5-3-15)14-19-21(29)27(23(30)34-19)12-10-20(28)25-17-6-8-18(9-7-17)35(31,32)26-22-24-11-13-33-22/h2-9,11,13-14H,10,12H2,1H3,(H,24,26)(H,25,28)/b19-14+. The molecular formula is C23H20N4O5S3. The first-order chi connectivity index (χ1) is 16.7. The Morgan fingerprint density at radius 1 is 1.09 bits per heavy atom. The molecule has 0 aliphatic carbocycles. The summed E-state index contributed by atoms with van der Waals surface area (Å²) in [5.41, 5.74) is 2.28. The van der Waals surface area contributed by atoms with Crippen LogP contribution in [0.3, 0.4) is 0 Å². The second kappa shape index (κ2) is 10.4. The normalized spacial score (nSPS) is 15.0. The number of thiazole rings is 1. The van der Waals surface area contributed by atoms with E-state index in [0.29, 0.717) is 10.6 Å². The summed E-state index contributed by atoms with van der Waals surface area (Å²) in [5, 5.41) is 4.12. The van der Waals surface area contributed by atoms with E-state index in [1.165, 1.54) is 30.5 Å². The van der Waals surface area contributed by atoms with E-state index in [0.717, 1.165) is 39.1 Å². The van der Waals surface area contributed by atoms with Gasteiger partial charge in [-0.3, -0.25) is 24.0 Å². The number of imide groups is 1. The lowest BCUT2D eigenvalue weighted by molar-refractivity contribution is -0.123. The molecule has 0 atom stereocenters. The van der Waals surface area contributed by atoms with Crippen molar-refractivity contribution in [3.05, 3.63) is 76.1 Å². The molecule has 2 N–H and O–H groups in total. The summed E-state index contributed by atoms with van der Waals surface area (Å²) in [5.74, 6) is -0.848. The molecule has 12 heteroatoms. The average Bonchev–Trinajstić information content (AvgIpc) is 3.41. The second-order valence-electron chi connectivity index (χ2n) is 7.51. The van der Waals surface area contributed by atoms with Gasteiger partial charge < -0.3 is 5.32 Å². The van der Waals surface area contributed by atoms with Gasteiger partial charge in [0.15, 0.2) is 5.13 Å². The largest absolute Gasteiger partial charge is 0.326 e. The van der Waals surface area contributed by atoms with Crippen molar-refractivity contribution in [1.29, 1.82) is 0 Å². The van der Waals surface area contributed by atoms with Crippen molar-refractivity contribution >= 4 is 67.1 Å². The van der Waals surface area contributed by atoms with Crippen LogP contribution >= 0.6 is 23.1 Å². The molecule has 0 bridgehead atoms. The van der Waals surface area contributed by atoms with Crippen molar-refractivity contribution in [1.82, 2.24) is 9.88 Å². The number of thioether (sulfide) groups is 1. The molecule has 3 amide bonds. The fourth-order valence-electron chi connectivity index (χ4n) is 3.11. The number of carbonyl (C=O) groups is 3. The van der Waals surface area contributed by atoms with E-state index >= 15 is 0 Å². The highest BCUT2D eigenvalue weighted by Crippen LogP contribution is 2.32. The quantitative estimate of drug-likeness (QED) is 0.417. The van der Waals surface area contributed by atoms with Gasteiger partial charge in [0.05, 0.1) is 9.80 Å². The SMILES string of the molecule is Cc1ccc(/C=C2/SC(=O)N(CCC(=O)Nc3ccc(S(=O)(=O)Nc4nccs4)cc3)C2=O)cc1. The topological polar surface area (TPSA) is 126 Å². The molecule has 1 saturated heterocycles. The molecule has 1 fully saturated rings. The van der Waals surface area contributed by atoms with Gasteiger partial charge >= 0.3 is 0 Å². The van der Waals surface area contributed by atoms with E-state index in [1.54, 1.807) is 11.5 Å². The first-order valence-corrected chi connectivity index (χ1v) is 13.5.